The van der Waals surface area contributed by atoms with E-state index in [1.165, 1.54) is 6.92 Å². The van der Waals surface area contributed by atoms with Gasteiger partial charge in [-0.25, -0.2) is 4.79 Å². The molecular formula is C23H35N5O8. The van der Waals surface area contributed by atoms with Crippen molar-refractivity contribution in [1.29, 1.82) is 0 Å². The number of carbonyl (C=O) groups excluding carboxylic acids is 3. The number of nitrogens with one attached hydrogen (secondary N) is 3. The maximum absolute atomic E-state index is 13.2. The molecule has 0 aromatic heterocycles. The average Bonchev–Trinajstić information content (AvgIpc) is 2.82. The fourth-order valence-corrected chi connectivity index (χ4v) is 3.23. The Hall–Kier alpha value is -3.55. The fraction of sp³-hybridized carbons (Fsp3) is 0.522. The molecule has 0 aliphatic rings. The average molecular weight is 510 g/mol. The Morgan fingerprint density at radius 1 is 0.861 bits per heavy atom. The summed E-state index contributed by atoms with van der Waals surface area (Å²) in [7, 11) is 0. The summed E-state index contributed by atoms with van der Waals surface area (Å²) in [5.41, 5.74) is 11.9. The summed E-state index contributed by atoms with van der Waals surface area (Å²) in [6, 6.07) is 3.32. The highest BCUT2D eigenvalue weighted by Crippen LogP contribution is 2.08. The van der Waals surface area contributed by atoms with Crippen molar-refractivity contribution >= 4 is 29.7 Å². The number of hydrogen-bond acceptors (Lipinski definition) is 8. The van der Waals surface area contributed by atoms with E-state index in [9.17, 15) is 34.2 Å². The summed E-state index contributed by atoms with van der Waals surface area (Å²) < 4.78 is 0. The second-order valence-corrected chi connectivity index (χ2v) is 8.36. The molecule has 13 nitrogen and oxygen atoms in total. The lowest BCUT2D eigenvalue weighted by Gasteiger charge is -2.25. The standard InChI is InChI=1S/C23H35N5O8/c1-13(29)19(25)22(34)27-16(11-14-7-3-2-4-8-14)21(33)26-15(9-5-6-10-24)20(32)28-17(23(35)36)12-18(30)31/h2-4,7-8,13,15-17,19,29H,5-6,9-12,24-25H2,1H3,(H,26,33)(H,27,34)(H,28,32)(H,30,31)(H,35,36). The molecule has 0 fully saturated rings. The predicted octanol–water partition coefficient (Wildman–Crippen LogP) is -1.92. The highest BCUT2D eigenvalue weighted by atomic mass is 16.4. The Bertz CT molecular complexity index is 896. The maximum atomic E-state index is 13.2. The van der Waals surface area contributed by atoms with Gasteiger partial charge >= 0.3 is 11.9 Å². The van der Waals surface area contributed by atoms with Crippen LogP contribution in [0.3, 0.4) is 0 Å². The summed E-state index contributed by atoms with van der Waals surface area (Å²) in [4.78, 5) is 60.8. The van der Waals surface area contributed by atoms with Crippen LogP contribution in [-0.4, -0.2) is 81.8 Å². The van der Waals surface area contributed by atoms with Crippen LogP contribution in [0.25, 0.3) is 0 Å². The number of nitrogens with two attached hydrogens (primary N) is 2. The van der Waals surface area contributed by atoms with Crippen LogP contribution >= 0.6 is 0 Å². The zero-order chi connectivity index (χ0) is 27.3. The molecule has 1 rings (SSSR count). The zero-order valence-corrected chi connectivity index (χ0v) is 20.1. The molecular weight excluding hydrogens is 474 g/mol. The van der Waals surface area contributed by atoms with Gasteiger partial charge in [-0.3, -0.25) is 19.2 Å². The van der Waals surface area contributed by atoms with Gasteiger partial charge in [0.05, 0.1) is 12.5 Å². The molecule has 0 aliphatic carbocycles. The monoisotopic (exact) mass is 509 g/mol. The summed E-state index contributed by atoms with van der Waals surface area (Å²) in [6.45, 7) is 1.65. The lowest BCUT2D eigenvalue weighted by atomic mass is 10.0. The molecule has 0 aliphatic heterocycles. The van der Waals surface area contributed by atoms with E-state index in [0.29, 0.717) is 24.9 Å². The topological polar surface area (TPSA) is 234 Å². The minimum atomic E-state index is -1.70. The number of carboxylic acids is 2. The van der Waals surface area contributed by atoms with E-state index in [-0.39, 0.29) is 12.8 Å². The molecule has 0 bridgehead atoms. The van der Waals surface area contributed by atoms with Crippen LogP contribution in [-0.2, 0) is 30.4 Å². The van der Waals surface area contributed by atoms with Gasteiger partial charge in [0.2, 0.25) is 17.7 Å². The SMILES string of the molecule is CC(O)C(N)C(=O)NC(Cc1ccccc1)C(=O)NC(CCCCN)C(=O)NC(CC(=O)O)C(=O)O. The molecule has 3 amide bonds. The third-order valence-corrected chi connectivity index (χ3v) is 5.31. The number of amides is 3. The van der Waals surface area contributed by atoms with Gasteiger partial charge in [-0.2, -0.15) is 0 Å². The molecule has 0 spiro atoms. The van der Waals surface area contributed by atoms with Gasteiger partial charge in [-0.15, -0.1) is 0 Å². The van der Waals surface area contributed by atoms with Crippen LogP contribution in [0.5, 0.6) is 0 Å². The number of carbonyl (C=O) groups is 5. The number of hydrogen-bond donors (Lipinski definition) is 8. The first kappa shape index (κ1) is 30.5. The first-order valence-electron chi connectivity index (χ1n) is 11.5. The van der Waals surface area contributed by atoms with Gasteiger partial charge < -0.3 is 42.7 Å². The van der Waals surface area contributed by atoms with Crippen LogP contribution in [0.4, 0.5) is 0 Å². The minimum absolute atomic E-state index is 0.0405. The molecule has 5 unspecified atom stereocenters. The zero-order valence-electron chi connectivity index (χ0n) is 20.1. The number of aliphatic carboxylic acids is 2. The Labute approximate surface area is 208 Å². The number of aliphatic hydroxyl groups is 1. The smallest absolute Gasteiger partial charge is 0.326 e. The molecule has 1 aromatic rings. The number of rotatable bonds is 16. The molecule has 0 heterocycles. The summed E-state index contributed by atoms with van der Waals surface area (Å²) in [6.07, 6.45) is -0.971. The number of aliphatic hydroxyl groups excluding tert-OH is 1. The third-order valence-electron chi connectivity index (χ3n) is 5.31. The highest BCUT2D eigenvalue weighted by molar-refractivity contribution is 5.94. The summed E-state index contributed by atoms with van der Waals surface area (Å²) in [5.74, 6) is -5.38. The normalized spacial score (nSPS) is 15.0. The molecule has 0 saturated carbocycles. The number of unbranched alkanes of at least 4 members (excludes halogenated alkanes) is 1. The van der Waals surface area contributed by atoms with Gasteiger partial charge in [0.15, 0.2) is 0 Å². The highest BCUT2D eigenvalue weighted by Gasteiger charge is 2.31. The van der Waals surface area contributed by atoms with E-state index in [0.717, 1.165) is 0 Å². The van der Waals surface area contributed by atoms with E-state index in [2.05, 4.69) is 16.0 Å². The summed E-state index contributed by atoms with van der Waals surface area (Å²) in [5, 5.41) is 34.9. The molecule has 0 saturated heterocycles. The lowest BCUT2D eigenvalue weighted by Crippen LogP contribution is -2.58. The van der Waals surface area contributed by atoms with E-state index in [4.69, 9.17) is 16.6 Å². The van der Waals surface area contributed by atoms with Crippen molar-refractivity contribution in [3.05, 3.63) is 35.9 Å². The molecule has 36 heavy (non-hydrogen) atoms. The quantitative estimate of drug-likeness (QED) is 0.115. The Morgan fingerprint density at radius 2 is 1.42 bits per heavy atom. The molecule has 1 aromatic carbocycles. The predicted molar refractivity (Wildman–Crippen MR) is 128 cm³/mol. The van der Waals surface area contributed by atoms with E-state index < -0.39 is 66.4 Å². The largest absolute Gasteiger partial charge is 0.481 e. The minimum Gasteiger partial charge on any atom is -0.481 e. The van der Waals surface area contributed by atoms with Gasteiger partial charge in [0.25, 0.3) is 0 Å². The fourth-order valence-electron chi connectivity index (χ4n) is 3.23. The summed E-state index contributed by atoms with van der Waals surface area (Å²) >= 11 is 0. The molecule has 10 N–H and O–H groups in total. The van der Waals surface area contributed by atoms with Crippen molar-refractivity contribution in [2.75, 3.05) is 6.54 Å². The molecule has 5 atom stereocenters. The van der Waals surface area contributed by atoms with Crippen molar-refractivity contribution in [2.45, 2.75) is 69.3 Å². The Kier molecular flexibility index (Phi) is 13.1. The van der Waals surface area contributed by atoms with Gasteiger partial charge in [0, 0.05) is 6.42 Å². The second kappa shape index (κ2) is 15.4. The number of carboxylic acid groups (broad SMARTS) is 2. The van der Waals surface area contributed by atoms with Crippen LogP contribution in [0.15, 0.2) is 30.3 Å². The van der Waals surface area contributed by atoms with Crippen LogP contribution in [0, 0.1) is 0 Å². The molecule has 200 valence electrons. The van der Waals surface area contributed by atoms with E-state index >= 15 is 0 Å². The van der Waals surface area contributed by atoms with Crippen molar-refractivity contribution in [1.82, 2.24) is 16.0 Å². The second-order valence-electron chi connectivity index (χ2n) is 8.36. The third kappa shape index (κ3) is 10.8. The first-order valence-corrected chi connectivity index (χ1v) is 11.5. The van der Waals surface area contributed by atoms with E-state index in [1.807, 2.05) is 0 Å². The first-order chi connectivity index (χ1) is 17.0. The van der Waals surface area contributed by atoms with Crippen molar-refractivity contribution in [3.63, 3.8) is 0 Å². The Morgan fingerprint density at radius 3 is 1.94 bits per heavy atom. The van der Waals surface area contributed by atoms with Crippen molar-refractivity contribution < 1.29 is 39.3 Å². The lowest BCUT2D eigenvalue weighted by molar-refractivity contribution is -0.147. The van der Waals surface area contributed by atoms with Gasteiger partial charge in [0.1, 0.15) is 24.2 Å². The van der Waals surface area contributed by atoms with Crippen LogP contribution in [0.1, 0.15) is 38.2 Å². The van der Waals surface area contributed by atoms with Crippen LogP contribution in [0.2, 0.25) is 0 Å². The van der Waals surface area contributed by atoms with Crippen molar-refractivity contribution in [3.8, 4) is 0 Å². The maximum Gasteiger partial charge on any atom is 0.326 e. The van der Waals surface area contributed by atoms with Gasteiger partial charge in [-0.1, -0.05) is 30.3 Å². The Balaban J connectivity index is 3.11. The van der Waals surface area contributed by atoms with Gasteiger partial charge in [-0.05, 0) is 38.3 Å². The van der Waals surface area contributed by atoms with Crippen LogP contribution < -0.4 is 27.4 Å². The van der Waals surface area contributed by atoms with Crippen molar-refractivity contribution in [2.24, 2.45) is 11.5 Å². The molecule has 0 radical (unpaired) electrons. The molecule has 13 heteroatoms. The van der Waals surface area contributed by atoms with E-state index in [1.54, 1.807) is 30.3 Å². The number of benzene rings is 1.